The number of hydrogen-bond acceptors (Lipinski definition) is 3. The predicted molar refractivity (Wildman–Crippen MR) is 68.0 cm³/mol. The first-order chi connectivity index (χ1) is 8.84. The maximum Gasteiger partial charge on any atom is 0.157 e. The Hall–Kier alpha value is -1.97. The zero-order chi connectivity index (χ0) is 12.4. The molecule has 1 heterocycles. The number of carbonyl (C=O) groups is 1. The minimum absolute atomic E-state index is 0.108. The van der Waals surface area contributed by atoms with Crippen molar-refractivity contribution in [3.63, 3.8) is 0 Å². The summed E-state index contributed by atoms with van der Waals surface area (Å²) in [5.41, 5.74) is 1.86. The van der Waals surface area contributed by atoms with Crippen LogP contribution in [0.4, 0.5) is 0 Å². The van der Waals surface area contributed by atoms with Gasteiger partial charge in [0.1, 0.15) is 11.7 Å². The highest BCUT2D eigenvalue weighted by Gasteiger charge is 2.24. The van der Waals surface area contributed by atoms with Crippen molar-refractivity contribution in [3.8, 4) is 11.3 Å². The summed E-state index contributed by atoms with van der Waals surface area (Å²) in [6.07, 6.45) is 5.54. The van der Waals surface area contributed by atoms with Gasteiger partial charge in [-0.2, -0.15) is 0 Å². The second-order valence-electron chi connectivity index (χ2n) is 4.68. The fourth-order valence-electron chi connectivity index (χ4n) is 2.41. The Labute approximate surface area is 106 Å². The van der Waals surface area contributed by atoms with Gasteiger partial charge in [0.25, 0.3) is 0 Å². The van der Waals surface area contributed by atoms with Gasteiger partial charge >= 0.3 is 0 Å². The van der Waals surface area contributed by atoms with Crippen LogP contribution in [0.1, 0.15) is 31.7 Å². The van der Waals surface area contributed by atoms with Crippen molar-refractivity contribution in [1.29, 1.82) is 0 Å². The molecule has 0 aliphatic heterocycles. The Morgan fingerprint density at radius 1 is 1.17 bits per heavy atom. The smallest absolute Gasteiger partial charge is 0.157 e. The van der Waals surface area contributed by atoms with Gasteiger partial charge in [-0.1, -0.05) is 42.0 Å². The molecule has 0 radical (unpaired) electrons. The lowest BCUT2D eigenvalue weighted by molar-refractivity contribution is -0.124. The summed E-state index contributed by atoms with van der Waals surface area (Å²) in [5.74, 6) is 0.283. The van der Waals surface area contributed by atoms with Crippen LogP contribution in [0, 0.1) is 0 Å². The van der Waals surface area contributed by atoms with Crippen molar-refractivity contribution in [2.75, 3.05) is 0 Å². The number of nitrogens with zero attached hydrogens (tertiary/aromatic N) is 3. The average molecular weight is 241 g/mol. The maximum absolute atomic E-state index is 11.9. The van der Waals surface area contributed by atoms with Crippen LogP contribution in [-0.2, 0) is 4.79 Å². The largest absolute Gasteiger partial charge is 0.297 e. The third-order valence-electron chi connectivity index (χ3n) is 3.42. The van der Waals surface area contributed by atoms with E-state index >= 15 is 0 Å². The van der Waals surface area contributed by atoms with Crippen molar-refractivity contribution >= 4 is 5.78 Å². The summed E-state index contributed by atoms with van der Waals surface area (Å²) in [6.45, 7) is 0. The van der Waals surface area contributed by atoms with E-state index in [0.29, 0.717) is 6.42 Å². The number of ketones is 1. The fourth-order valence-corrected chi connectivity index (χ4v) is 2.41. The molecule has 0 amide bonds. The van der Waals surface area contributed by atoms with E-state index in [1.165, 1.54) is 0 Å². The van der Waals surface area contributed by atoms with Gasteiger partial charge in [-0.05, 0) is 12.8 Å². The molecule has 1 fully saturated rings. The fraction of sp³-hybridized carbons (Fsp3) is 0.357. The van der Waals surface area contributed by atoms with E-state index in [-0.39, 0.29) is 11.8 Å². The van der Waals surface area contributed by atoms with Gasteiger partial charge in [-0.15, -0.1) is 5.10 Å². The highest BCUT2D eigenvalue weighted by molar-refractivity contribution is 5.83. The van der Waals surface area contributed by atoms with Crippen molar-refractivity contribution in [3.05, 3.63) is 36.5 Å². The van der Waals surface area contributed by atoms with Gasteiger partial charge in [0, 0.05) is 12.0 Å². The highest BCUT2D eigenvalue weighted by Crippen LogP contribution is 2.25. The Morgan fingerprint density at radius 2 is 2.00 bits per heavy atom. The summed E-state index contributed by atoms with van der Waals surface area (Å²) in [7, 11) is 0. The average Bonchev–Trinajstić information content (AvgIpc) is 2.90. The van der Waals surface area contributed by atoms with E-state index in [1.54, 1.807) is 4.68 Å². The molecule has 1 aromatic heterocycles. The first-order valence-electron chi connectivity index (χ1n) is 6.34. The van der Waals surface area contributed by atoms with Crippen molar-refractivity contribution in [1.82, 2.24) is 15.0 Å². The van der Waals surface area contributed by atoms with E-state index in [9.17, 15) is 4.79 Å². The molecule has 1 aliphatic carbocycles. The SMILES string of the molecule is O=C1CCCCC1n1cc(-c2ccccc2)nn1. The summed E-state index contributed by atoms with van der Waals surface area (Å²) in [6, 6.07) is 9.80. The zero-order valence-corrected chi connectivity index (χ0v) is 10.1. The summed E-state index contributed by atoms with van der Waals surface area (Å²) in [4.78, 5) is 11.9. The molecule has 1 saturated carbocycles. The van der Waals surface area contributed by atoms with E-state index < -0.39 is 0 Å². The molecule has 0 spiro atoms. The highest BCUT2D eigenvalue weighted by atomic mass is 16.1. The van der Waals surface area contributed by atoms with Crippen molar-refractivity contribution in [2.24, 2.45) is 0 Å². The van der Waals surface area contributed by atoms with Gasteiger partial charge in [0.05, 0.1) is 6.20 Å². The van der Waals surface area contributed by atoms with Crippen molar-refractivity contribution in [2.45, 2.75) is 31.7 Å². The Balaban J connectivity index is 1.87. The quantitative estimate of drug-likeness (QED) is 0.812. The van der Waals surface area contributed by atoms with Gasteiger partial charge in [0.15, 0.2) is 5.78 Å². The molecule has 1 aliphatic rings. The molecule has 4 heteroatoms. The number of hydrogen-bond donors (Lipinski definition) is 0. The topological polar surface area (TPSA) is 47.8 Å². The van der Waals surface area contributed by atoms with Crippen LogP contribution in [0.15, 0.2) is 36.5 Å². The molecular formula is C14H15N3O. The van der Waals surface area contributed by atoms with Crippen LogP contribution in [-0.4, -0.2) is 20.8 Å². The molecule has 1 unspecified atom stereocenters. The number of rotatable bonds is 2. The molecule has 3 rings (SSSR count). The number of benzene rings is 1. The number of carbonyl (C=O) groups excluding carboxylic acids is 1. The van der Waals surface area contributed by atoms with Crippen LogP contribution in [0.2, 0.25) is 0 Å². The first kappa shape index (κ1) is 11.1. The lowest BCUT2D eigenvalue weighted by Gasteiger charge is -2.19. The maximum atomic E-state index is 11.9. The van der Waals surface area contributed by atoms with E-state index in [2.05, 4.69) is 10.3 Å². The summed E-state index contributed by atoms with van der Waals surface area (Å²) >= 11 is 0. The molecular weight excluding hydrogens is 226 g/mol. The normalized spacial score (nSPS) is 20.0. The van der Waals surface area contributed by atoms with Crippen LogP contribution in [0.3, 0.4) is 0 Å². The summed E-state index contributed by atoms with van der Waals surface area (Å²) in [5, 5.41) is 8.27. The minimum Gasteiger partial charge on any atom is -0.297 e. The first-order valence-corrected chi connectivity index (χ1v) is 6.34. The zero-order valence-electron chi connectivity index (χ0n) is 10.1. The van der Waals surface area contributed by atoms with Crippen molar-refractivity contribution < 1.29 is 4.79 Å². The van der Waals surface area contributed by atoms with Crippen LogP contribution >= 0.6 is 0 Å². The molecule has 1 aromatic carbocycles. The van der Waals surface area contributed by atoms with Crippen LogP contribution < -0.4 is 0 Å². The Morgan fingerprint density at radius 3 is 2.78 bits per heavy atom. The molecule has 0 saturated heterocycles. The molecule has 2 aromatic rings. The lowest BCUT2D eigenvalue weighted by atomic mass is 9.94. The molecule has 0 N–H and O–H groups in total. The number of aromatic nitrogens is 3. The van der Waals surface area contributed by atoms with Gasteiger partial charge < -0.3 is 0 Å². The lowest BCUT2D eigenvalue weighted by Crippen LogP contribution is -2.23. The van der Waals surface area contributed by atoms with E-state index in [4.69, 9.17) is 0 Å². The third kappa shape index (κ3) is 2.06. The minimum atomic E-state index is -0.108. The van der Waals surface area contributed by atoms with Crippen LogP contribution in [0.5, 0.6) is 0 Å². The third-order valence-corrected chi connectivity index (χ3v) is 3.42. The number of Topliss-reactive ketones (excluding diaryl/α,β-unsaturated/α-hetero) is 1. The second kappa shape index (κ2) is 4.72. The van der Waals surface area contributed by atoms with E-state index in [1.807, 2.05) is 36.5 Å². The predicted octanol–water partition coefficient (Wildman–Crippen LogP) is 2.63. The van der Waals surface area contributed by atoms with Gasteiger partial charge in [0.2, 0.25) is 0 Å². The second-order valence-corrected chi connectivity index (χ2v) is 4.68. The van der Waals surface area contributed by atoms with Crippen LogP contribution in [0.25, 0.3) is 11.3 Å². The monoisotopic (exact) mass is 241 g/mol. The van der Waals surface area contributed by atoms with Gasteiger partial charge in [-0.25, -0.2) is 4.68 Å². The van der Waals surface area contributed by atoms with Gasteiger partial charge in [-0.3, -0.25) is 4.79 Å². The molecule has 92 valence electrons. The molecule has 18 heavy (non-hydrogen) atoms. The molecule has 4 nitrogen and oxygen atoms in total. The summed E-state index contributed by atoms with van der Waals surface area (Å²) < 4.78 is 1.73. The Bertz CT molecular complexity index is 547. The molecule has 1 atom stereocenters. The van der Waals surface area contributed by atoms with E-state index in [0.717, 1.165) is 30.5 Å². The molecule has 0 bridgehead atoms. The Kier molecular flexibility index (Phi) is 2.92. The standard InChI is InChI=1S/C14H15N3O/c18-14-9-5-4-8-13(14)17-10-12(15-16-17)11-6-2-1-3-7-11/h1-3,6-7,10,13H,4-5,8-9H2.